The summed E-state index contributed by atoms with van der Waals surface area (Å²) in [4.78, 5) is 0. The Morgan fingerprint density at radius 3 is 2.58 bits per heavy atom. The maximum atomic E-state index is 12.4. The molecule has 8 heteroatoms. The summed E-state index contributed by atoms with van der Waals surface area (Å²) < 4.78 is 38.3. The second-order valence-corrected chi connectivity index (χ2v) is 4.96. The van der Waals surface area contributed by atoms with Gasteiger partial charge >= 0.3 is 6.18 Å². The summed E-state index contributed by atoms with van der Waals surface area (Å²) in [5.41, 5.74) is 4.25. The molecule has 0 aliphatic rings. The number of amidine groups is 1. The van der Waals surface area contributed by atoms with Gasteiger partial charge in [-0.1, -0.05) is 19.0 Å². The van der Waals surface area contributed by atoms with E-state index in [0.717, 1.165) is 12.4 Å². The molecule has 0 fully saturated rings. The highest BCUT2D eigenvalue weighted by molar-refractivity contribution is 5.85. The van der Waals surface area contributed by atoms with Gasteiger partial charge in [-0.3, -0.25) is 4.68 Å². The monoisotopic (exact) mass is 278 g/mol. The second-order valence-electron chi connectivity index (χ2n) is 4.96. The molecule has 0 spiro atoms. The third-order valence-electron chi connectivity index (χ3n) is 2.95. The number of aromatic nitrogens is 2. The van der Waals surface area contributed by atoms with E-state index in [1.165, 1.54) is 4.68 Å². The normalized spacial score (nSPS) is 13.8. The zero-order valence-corrected chi connectivity index (χ0v) is 10.8. The first-order valence-electron chi connectivity index (χ1n) is 5.74. The molecule has 0 saturated carbocycles. The summed E-state index contributed by atoms with van der Waals surface area (Å²) in [7, 11) is 0. The molecule has 0 atom stereocenters. The van der Waals surface area contributed by atoms with Gasteiger partial charge in [0.05, 0.1) is 11.8 Å². The molecule has 5 nitrogen and oxygen atoms in total. The highest BCUT2D eigenvalue weighted by Crippen LogP contribution is 2.28. The summed E-state index contributed by atoms with van der Waals surface area (Å²) in [5, 5.41) is 15.2. The van der Waals surface area contributed by atoms with Gasteiger partial charge in [0.25, 0.3) is 0 Å². The minimum Gasteiger partial charge on any atom is -0.409 e. The van der Waals surface area contributed by atoms with Gasteiger partial charge in [-0.25, -0.2) is 0 Å². The Bertz CT molecular complexity index is 451. The number of hydrogen-bond acceptors (Lipinski definition) is 3. The first-order chi connectivity index (χ1) is 8.66. The SMILES string of the molecule is CC(C)(CCCn1cc(C(F)(F)F)cn1)C(N)=NO. The van der Waals surface area contributed by atoms with Crippen molar-refractivity contribution in [2.45, 2.75) is 39.4 Å². The fraction of sp³-hybridized carbons (Fsp3) is 0.636. The van der Waals surface area contributed by atoms with Gasteiger partial charge in [0.1, 0.15) is 5.84 Å². The first kappa shape index (κ1) is 15.3. The van der Waals surface area contributed by atoms with Crippen molar-refractivity contribution in [3.05, 3.63) is 18.0 Å². The summed E-state index contributed by atoms with van der Waals surface area (Å²) in [6.07, 6.45) is -1.46. The van der Waals surface area contributed by atoms with Gasteiger partial charge in [-0.2, -0.15) is 18.3 Å². The van der Waals surface area contributed by atoms with Crippen LogP contribution in [0.1, 0.15) is 32.3 Å². The molecule has 3 N–H and O–H groups in total. The van der Waals surface area contributed by atoms with Gasteiger partial charge in [0.15, 0.2) is 0 Å². The molecule has 1 aromatic heterocycles. The lowest BCUT2D eigenvalue weighted by atomic mass is 9.86. The Morgan fingerprint density at radius 2 is 2.11 bits per heavy atom. The fourth-order valence-electron chi connectivity index (χ4n) is 1.58. The topological polar surface area (TPSA) is 76.4 Å². The van der Waals surface area contributed by atoms with Gasteiger partial charge in [0.2, 0.25) is 0 Å². The minimum atomic E-state index is -4.37. The standard InChI is InChI=1S/C11H17F3N4O/c1-10(2,9(15)17-19)4-3-5-18-7-8(6-16-18)11(12,13)14/h6-7,19H,3-5H2,1-2H3,(H2,15,17). The van der Waals surface area contributed by atoms with Crippen LogP contribution in [-0.2, 0) is 12.7 Å². The molecule has 1 rings (SSSR count). The van der Waals surface area contributed by atoms with E-state index >= 15 is 0 Å². The molecule has 0 aromatic carbocycles. The van der Waals surface area contributed by atoms with E-state index < -0.39 is 17.2 Å². The van der Waals surface area contributed by atoms with Crippen molar-refractivity contribution >= 4 is 5.84 Å². The van der Waals surface area contributed by atoms with Crippen LogP contribution < -0.4 is 5.73 Å². The smallest absolute Gasteiger partial charge is 0.409 e. The van der Waals surface area contributed by atoms with Crippen molar-refractivity contribution in [1.29, 1.82) is 0 Å². The van der Waals surface area contributed by atoms with E-state index in [1.807, 2.05) is 0 Å². The van der Waals surface area contributed by atoms with Gasteiger partial charge in [0, 0.05) is 18.2 Å². The van der Waals surface area contributed by atoms with E-state index in [-0.39, 0.29) is 5.84 Å². The molecule has 108 valence electrons. The average Bonchev–Trinajstić information content (AvgIpc) is 2.76. The van der Waals surface area contributed by atoms with Crippen LogP contribution in [0.4, 0.5) is 13.2 Å². The Hall–Kier alpha value is -1.73. The fourth-order valence-corrected chi connectivity index (χ4v) is 1.58. The predicted molar refractivity (Wildman–Crippen MR) is 63.7 cm³/mol. The lowest BCUT2D eigenvalue weighted by Gasteiger charge is -2.22. The minimum absolute atomic E-state index is 0.101. The lowest BCUT2D eigenvalue weighted by molar-refractivity contribution is -0.137. The Labute approximate surface area is 108 Å². The van der Waals surface area contributed by atoms with Gasteiger partial charge in [-0.05, 0) is 12.8 Å². The molecule has 0 amide bonds. The van der Waals surface area contributed by atoms with Crippen LogP contribution in [-0.4, -0.2) is 20.8 Å². The first-order valence-corrected chi connectivity index (χ1v) is 5.74. The van der Waals surface area contributed by atoms with Crippen molar-refractivity contribution in [3.63, 3.8) is 0 Å². The number of aryl methyl sites for hydroxylation is 1. The van der Waals surface area contributed by atoms with Crippen LogP contribution in [0.3, 0.4) is 0 Å². The van der Waals surface area contributed by atoms with E-state index in [0.29, 0.717) is 19.4 Å². The van der Waals surface area contributed by atoms with Crippen molar-refractivity contribution in [2.24, 2.45) is 16.3 Å². The summed E-state index contributed by atoms with van der Waals surface area (Å²) in [5.74, 6) is 0.101. The van der Waals surface area contributed by atoms with Gasteiger partial charge in [-0.15, -0.1) is 0 Å². The molecule has 0 aliphatic carbocycles. The highest BCUT2D eigenvalue weighted by Gasteiger charge is 2.32. The maximum Gasteiger partial charge on any atom is 0.419 e. The molecule has 0 unspecified atom stereocenters. The number of oxime groups is 1. The zero-order valence-electron chi connectivity index (χ0n) is 10.8. The van der Waals surface area contributed by atoms with E-state index in [9.17, 15) is 13.2 Å². The Morgan fingerprint density at radius 1 is 1.47 bits per heavy atom. The van der Waals surface area contributed by atoms with Crippen molar-refractivity contribution in [2.75, 3.05) is 0 Å². The van der Waals surface area contributed by atoms with Crippen molar-refractivity contribution < 1.29 is 18.4 Å². The summed E-state index contributed by atoms with van der Waals surface area (Å²) >= 11 is 0. The highest BCUT2D eigenvalue weighted by atomic mass is 19.4. The molecular formula is C11H17F3N4O. The number of nitrogens with zero attached hydrogens (tertiary/aromatic N) is 3. The number of nitrogens with two attached hydrogens (primary N) is 1. The number of hydrogen-bond donors (Lipinski definition) is 2. The van der Waals surface area contributed by atoms with E-state index in [1.54, 1.807) is 13.8 Å². The number of alkyl halides is 3. The van der Waals surface area contributed by atoms with Crippen LogP contribution in [0.15, 0.2) is 17.5 Å². The molecule has 19 heavy (non-hydrogen) atoms. The molecular weight excluding hydrogens is 261 g/mol. The van der Waals surface area contributed by atoms with E-state index in [4.69, 9.17) is 10.9 Å². The number of halogens is 3. The second kappa shape index (κ2) is 5.50. The Kier molecular flexibility index (Phi) is 4.43. The maximum absolute atomic E-state index is 12.4. The van der Waals surface area contributed by atoms with Crippen molar-refractivity contribution in [3.8, 4) is 0 Å². The van der Waals surface area contributed by atoms with Crippen LogP contribution in [0.25, 0.3) is 0 Å². The third-order valence-corrected chi connectivity index (χ3v) is 2.95. The number of rotatable bonds is 5. The van der Waals surface area contributed by atoms with Crippen molar-refractivity contribution in [1.82, 2.24) is 9.78 Å². The van der Waals surface area contributed by atoms with E-state index in [2.05, 4.69) is 10.3 Å². The molecule has 0 aliphatic heterocycles. The van der Waals surface area contributed by atoms with Gasteiger partial charge < -0.3 is 10.9 Å². The Balaban J connectivity index is 2.53. The lowest BCUT2D eigenvalue weighted by Crippen LogP contribution is -2.32. The molecule has 0 bridgehead atoms. The average molecular weight is 278 g/mol. The third kappa shape index (κ3) is 4.15. The predicted octanol–water partition coefficient (Wildman–Crippen LogP) is 2.45. The molecule has 1 aromatic rings. The van der Waals surface area contributed by atoms with Crippen LogP contribution >= 0.6 is 0 Å². The largest absolute Gasteiger partial charge is 0.419 e. The molecule has 0 saturated heterocycles. The summed E-state index contributed by atoms with van der Waals surface area (Å²) in [6, 6.07) is 0. The quantitative estimate of drug-likeness (QED) is 0.376. The zero-order chi connectivity index (χ0) is 14.7. The van der Waals surface area contributed by atoms with Crippen LogP contribution in [0.5, 0.6) is 0 Å². The molecule has 1 heterocycles. The molecule has 0 radical (unpaired) electrons. The van der Waals surface area contributed by atoms with Crippen LogP contribution in [0, 0.1) is 5.41 Å². The van der Waals surface area contributed by atoms with Crippen LogP contribution in [0.2, 0.25) is 0 Å². The summed E-state index contributed by atoms with van der Waals surface area (Å²) in [6.45, 7) is 3.94.